The van der Waals surface area contributed by atoms with Crippen LogP contribution in [0.5, 0.6) is 0 Å². The largest absolute Gasteiger partial charge is 0.480 e. The third-order valence-corrected chi connectivity index (χ3v) is 5.61. The van der Waals surface area contributed by atoms with Crippen LogP contribution in [0.3, 0.4) is 0 Å². The number of benzene rings is 1. The molecule has 0 saturated carbocycles. The Labute approximate surface area is 205 Å². The maximum atomic E-state index is 12.7. The van der Waals surface area contributed by atoms with Crippen LogP contribution in [0, 0.1) is 0 Å². The van der Waals surface area contributed by atoms with Gasteiger partial charge in [0.1, 0.15) is 18.1 Å². The molecule has 0 aliphatic heterocycles. The number of nitrogens with two attached hydrogens (primary N) is 1. The molecule has 13 nitrogen and oxygen atoms in total. The van der Waals surface area contributed by atoms with Gasteiger partial charge in [-0.25, -0.2) is 9.78 Å². The van der Waals surface area contributed by atoms with E-state index >= 15 is 0 Å². The monoisotopic (exact) mass is 499 g/mol. The van der Waals surface area contributed by atoms with Gasteiger partial charge in [-0.1, -0.05) is 18.2 Å². The minimum atomic E-state index is -1.43. The molecule has 3 rings (SSSR count). The molecule has 192 valence electrons. The van der Waals surface area contributed by atoms with Gasteiger partial charge in [0.15, 0.2) is 0 Å². The number of carbonyl (C=O) groups excluding carboxylic acids is 3. The summed E-state index contributed by atoms with van der Waals surface area (Å²) in [5.74, 6) is -3.51. The number of fused-ring (bicyclic) bond motifs is 1. The third-order valence-electron chi connectivity index (χ3n) is 5.61. The number of aliphatic hydroxyl groups excluding tert-OH is 1. The van der Waals surface area contributed by atoms with Crippen molar-refractivity contribution < 1.29 is 29.4 Å². The van der Waals surface area contributed by atoms with Gasteiger partial charge in [0.05, 0.1) is 19.0 Å². The molecule has 0 radical (unpaired) electrons. The lowest BCUT2D eigenvalue weighted by Gasteiger charge is -2.22. The van der Waals surface area contributed by atoms with Crippen molar-refractivity contribution >= 4 is 34.6 Å². The predicted octanol–water partition coefficient (Wildman–Crippen LogP) is -1.45. The molecular weight excluding hydrogens is 470 g/mol. The van der Waals surface area contributed by atoms with E-state index in [9.17, 15) is 29.4 Å². The van der Waals surface area contributed by atoms with E-state index in [-0.39, 0.29) is 12.8 Å². The summed E-state index contributed by atoms with van der Waals surface area (Å²) in [5.41, 5.74) is 8.01. The number of aromatic amines is 2. The Kier molecular flexibility index (Phi) is 8.76. The summed E-state index contributed by atoms with van der Waals surface area (Å²) in [7, 11) is 0. The maximum Gasteiger partial charge on any atom is 0.326 e. The van der Waals surface area contributed by atoms with E-state index in [4.69, 9.17) is 5.73 Å². The average molecular weight is 500 g/mol. The van der Waals surface area contributed by atoms with E-state index in [2.05, 4.69) is 30.9 Å². The standard InChI is InChI=1S/C23H29N7O6/c1-12(28-21(33)16(24)7-14-9-25-11-27-14)20(32)30-19(10-31)22(34)29-18(23(35)36)6-13-8-26-17-5-3-2-4-15(13)17/h2-5,8-9,11-12,16,18-19,26,31H,6-7,10,24H2,1H3,(H,25,27)(H,28,33)(H,29,34)(H,30,32)(H,35,36). The molecule has 0 aliphatic carbocycles. The first kappa shape index (κ1) is 26.4. The van der Waals surface area contributed by atoms with Crippen LogP contribution in [0.25, 0.3) is 10.9 Å². The quantitative estimate of drug-likeness (QED) is 0.147. The topological polar surface area (TPSA) is 215 Å². The second kappa shape index (κ2) is 12.0. The molecule has 0 saturated heterocycles. The zero-order valence-electron chi connectivity index (χ0n) is 19.5. The molecule has 9 N–H and O–H groups in total. The Balaban J connectivity index is 1.56. The lowest BCUT2D eigenvalue weighted by atomic mass is 10.0. The van der Waals surface area contributed by atoms with Crippen molar-refractivity contribution in [2.75, 3.05) is 6.61 Å². The first-order valence-electron chi connectivity index (χ1n) is 11.2. The van der Waals surface area contributed by atoms with Gasteiger partial charge in [-0.05, 0) is 18.6 Å². The van der Waals surface area contributed by atoms with Crippen molar-refractivity contribution in [3.05, 3.63) is 54.2 Å². The van der Waals surface area contributed by atoms with E-state index < -0.39 is 54.5 Å². The number of hydrogen-bond acceptors (Lipinski definition) is 7. The van der Waals surface area contributed by atoms with Crippen molar-refractivity contribution in [1.29, 1.82) is 0 Å². The lowest BCUT2D eigenvalue weighted by molar-refractivity contribution is -0.142. The lowest BCUT2D eigenvalue weighted by Crippen LogP contribution is -2.57. The molecule has 3 amide bonds. The molecule has 1 aromatic carbocycles. The molecule has 0 fully saturated rings. The Morgan fingerprint density at radius 1 is 1.00 bits per heavy atom. The normalized spacial score (nSPS) is 14.4. The number of H-pyrrole nitrogens is 2. The average Bonchev–Trinajstić information content (AvgIpc) is 3.51. The van der Waals surface area contributed by atoms with Gasteiger partial charge < -0.3 is 41.9 Å². The Morgan fingerprint density at radius 3 is 2.39 bits per heavy atom. The van der Waals surface area contributed by atoms with E-state index in [0.717, 1.165) is 10.9 Å². The van der Waals surface area contributed by atoms with Gasteiger partial charge in [-0.2, -0.15) is 0 Å². The molecule has 3 aromatic rings. The zero-order chi connectivity index (χ0) is 26.2. The number of carbonyl (C=O) groups is 4. The van der Waals surface area contributed by atoms with Crippen molar-refractivity contribution in [2.24, 2.45) is 5.73 Å². The van der Waals surface area contributed by atoms with Crippen LogP contribution in [0.4, 0.5) is 0 Å². The van der Waals surface area contributed by atoms with Gasteiger partial charge in [-0.15, -0.1) is 0 Å². The minimum Gasteiger partial charge on any atom is -0.480 e. The fraction of sp³-hybridized carbons (Fsp3) is 0.348. The molecule has 2 heterocycles. The minimum absolute atomic E-state index is 0.0160. The van der Waals surface area contributed by atoms with Gasteiger partial charge >= 0.3 is 5.97 Å². The number of aliphatic carboxylic acids is 1. The van der Waals surface area contributed by atoms with Gasteiger partial charge in [0, 0.05) is 41.8 Å². The van der Waals surface area contributed by atoms with E-state index in [1.54, 1.807) is 6.20 Å². The van der Waals surface area contributed by atoms with E-state index in [1.807, 2.05) is 24.3 Å². The van der Waals surface area contributed by atoms with Crippen molar-refractivity contribution in [1.82, 2.24) is 30.9 Å². The number of nitrogens with zero attached hydrogens (tertiary/aromatic N) is 1. The van der Waals surface area contributed by atoms with Crippen LogP contribution >= 0.6 is 0 Å². The Hall–Kier alpha value is -4.23. The number of carboxylic acids is 1. The van der Waals surface area contributed by atoms with E-state index in [1.165, 1.54) is 19.4 Å². The first-order chi connectivity index (χ1) is 17.2. The summed E-state index contributed by atoms with van der Waals surface area (Å²) < 4.78 is 0. The van der Waals surface area contributed by atoms with Crippen molar-refractivity contribution in [3.8, 4) is 0 Å². The first-order valence-corrected chi connectivity index (χ1v) is 11.2. The maximum absolute atomic E-state index is 12.7. The second-order valence-electron chi connectivity index (χ2n) is 8.32. The summed E-state index contributed by atoms with van der Waals surface area (Å²) in [4.78, 5) is 59.0. The zero-order valence-corrected chi connectivity index (χ0v) is 19.5. The van der Waals surface area contributed by atoms with Crippen LogP contribution in [0.15, 0.2) is 43.0 Å². The van der Waals surface area contributed by atoms with Crippen LogP contribution in [-0.2, 0) is 32.0 Å². The number of aromatic nitrogens is 3. The molecule has 13 heteroatoms. The highest BCUT2D eigenvalue weighted by Crippen LogP contribution is 2.19. The van der Waals surface area contributed by atoms with Crippen LogP contribution in [-0.4, -0.2) is 79.6 Å². The number of amides is 3. The third kappa shape index (κ3) is 6.67. The number of nitrogens with one attached hydrogen (secondary N) is 5. The molecule has 0 bridgehead atoms. The fourth-order valence-corrected chi connectivity index (χ4v) is 3.60. The fourth-order valence-electron chi connectivity index (χ4n) is 3.60. The molecule has 4 unspecified atom stereocenters. The Morgan fingerprint density at radius 2 is 1.72 bits per heavy atom. The SMILES string of the molecule is CC(NC(=O)C(N)Cc1cnc[nH]1)C(=O)NC(CO)C(=O)NC(Cc1c[nH]c2ccccc12)C(=O)O. The molecule has 36 heavy (non-hydrogen) atoms. The van der Waals surface area contributed by atoms with Gasteiger partial charge in [-0.3, -0.25) is 14.4 Å². The van der Waals surface area contributed by atoms with Crippen LogP contribution in [0.1, 0.15) is 18.2 Å². The van der Waals surface area contributed by atoms with Crippen LogP contribution in [0.2, 0.25) is 0 Å². The molecule has 0 spiro atoms. The van der Waals surface area contributed by atoms with Crippen molar-refractivity contribution in [2.45, 2.75) is 43.9 Å². The smallest absolute Gasteiger partial charge is 0.326 e. The molecular formula is C23H29N7O6. The van der Waals surface area contributed by atoms with Gasteiger partial charge in [0.25, 0.3) is 0 Å². The van der Waals surface area contributed by atoms with E-state index in [0.29, 0.717) is 11.3 Å². The second-order valence-corrected chi connectivity index (χ2v) is 8.32. The number of hydrogen-bond donors (Lipinski definition) is 8. The highest BCUT2D eigenvalue weighted by atomic mass is 16.4. The number of rotatable bonds is 12. The highest BCUT2D eigenvalue weighted by Gasteiger charge is 2.29. The number of carboxylic acid groups (broad SMARTS) is 1. The van der Waals surface area contributed by atoms with Gasteiger partial charge in [0.2, 0.25) is 17.7 Å². The summed E-state index contributed by atoms with van der Waals surface area (Å²) in [5, 5.41) is 27.2. The number of imidazole rings is 1. The predicted molar refractivity (Wildman–Crippen MR) is 128 cm³/mol. The molecule has 4 atom stereocenters. The number of para-hydroxylation sites is 1. The van der Waals surface area contributed by atoms with Crippen LogP contribution < -0.4 is 21.7 Å². The molecule has 2 aromatic heterocycles. The Bertz CT molecular complexity index is 1210. The summed E-state index contributed by atoms with van der Waals surface area (Å²) in [6, 6.07) is 2.57. The number of aliphatic hydroxyl groups is 1. The summed E-state index contributed by atoms with van der Waals surface area (Å²) in [6.45, 7) is 0.608. The summed E-state index contributed by atoms with van der Waals surface area (Å²) >= 11 is 0. The summed E-state index contributed by atoms with van der Waals surface area (Å²) in [6.07, 6.45) is 4.80. The highest BCUT2D eigenvalue weighted by molar-refractivity contribution is 5.94. The molecule has 0 aliphatic rings. The van der Waals surface area contributed by atoms with Crippen molar-refractivity contribution in [3.63, 3.8) is 0 Å².